The van der Waals surface area contributed by atoms with E-state index in [0.717, 1.165) is 32.1 Å². The first-order valence-electron chi connectivity index (χ1n) is 12.9. The van der Waals surface area contributed by atoms with Gasteiger partial charge in [-0.1, -0.05) is 45.7 Å². The molecule has 0 aromatic rings. The van der Waals surface area contributed by atoms with Gasteiger partial charge in [-0.25, -0.2) is 0 Å². The number of fused-ring (bicyclic) bond motifs is 5. The number of carboxylic acids is 1. The largest absolute Gasteiger partial charge is 0.481 e. The Morgan fingerprint density at radius 1 is 1.06 bits per heavy atom. The average molecular weight is 608 g/mol. The van der Waals surface area contributed by atoms with Gasteiger partial charge in [0.05, 0.1) is 23.7 Å². The maximum Gasteiger partial charge on any atom is 0.310 e. The Balaban J connectivity index is 1.78. The van der Waals surface area contributed by atoms with Crippen LogP contribution < -0.4 is 0 Å². The first-order chi connectivity index (χ1) is 15.7. The van der Waals surface area contributed by atoms with Crippen molar-refractivity contribution in [3.05, 3.63) is 0 Å². The molecule has 8 heteroatoms. The Kier molecular flexibility index (Phi) is 7.10. The van der Waals surface area contributed by atoms with Crippen LogP contribution in [0, 0.1) is 34.5 Å². The van der Waals surface area contributed by atoms with Crippen LogP contribution >= 0.6 is 31.9 Å². The molecular formula is C26H40Br2O6. The van der Waals surface area contributed by atoms with E-state index in [1.54, 1.807) is 0 Å². The number of aliphatic carboxylic acids is 1. The molecule has 4 aliphatic carbocycles. The van der Waals surface area contributed by atoms with E-state index in [2.05, 4.69) is 45.7 Å². The summed E-state index contributed by atoms with van der Waals surface area (Å²) in [6.45, 7) is 8.17. The predicted molar refractivity (Wildman–Crippen MR) is 136 cm³/mol. The normalized spacial score (nSPS) is 50.3. The summed E-state index contributed by atoms with van der Waals surface area (Å²) in [6, 6.07) is 0. The van der Waals surface area contributed by atoms with Gasteiger partial charge in [0.2, 0.25) is 0 Å². The number of aliphatic hydroxyl groups is 2. The topological polar surface area (TPSA) is 104 Å². The van der Waals surface area contributed by atoms with Gasteiger partial charge >= 0.3 is 11.9 Å². The number of carboxylic acid groups (broad SMARTS) is 1. The van der Waals surface area contributed by atoms with Gasteiger partial charge in [0.25, 0.3) is 0 Å². The number of carbonyl (C=O) groups excluding carboxylic acids is 1. The summed E-state index contributed by atoms with van der Waals surface area (Å²) >= 11 is 8.05. The molecule has 0 radical (unpaired) electrons. The van der Waals surface area contributed by atoms with Gasteiger partial charge in [0, 0.05) is 15.6 Å². The lowest BCUT2D eigenvalue weighted by atomic mass is 9.42. The number of esters is 1. The van der Waals surface area contributed by atoms with E-state index in [0.29, 0.717) is 12.8 Å². The molecule has 3 N–H and O–H groups in total. The fourth-order valence-corrected chi connectivity index (χ4v) is 11.0. The molecule has 0 heterocycles. The summed E-state index contributed by atoms with van der Waals surface area (Å²) in [5.41, 5.74) is -1.60. The minimum Gasteiger partial charge on any atom is -0.481 e. The number of aliphatic hydroxyl groups excluding tert-OH is 1. The Morgan fingerprint density at radius 3 is 2.26 bits per heavy atom. The Bertz CT molecular complexity index is 836. The highest BCUT2D eigenvalue weighted by Crippen LogP contribution is 2.73. The number of hydrogen-bond acceptors (Lipinski definition) is 5. The van der Waals surface area contributed by atoms with Crippen molar-refractivity contribution in [1.29, 1.82) is 0 Å². The maximum atomic E-state index is 13.7. The van der Waals surface area contributed by atoms with Crippen LogP contribution in [0.2, 0.25) is 0 Å². The summed E-state index contributed by atoms with van der Waals surface area (Å²) in [7, 11) is 0. The van der Waals surface area contributed by atoms with Crippen molar-refractivity contribution in [2.75, 3.05) is 0 Å². The summed E-state index contributed by atoms with van der Waals surface area (Å²) < 4.78 is 5.37. The van der Waals surface area contributed by atoms with Gasteiger partial charge in [0.1, 0.15) is 0 Å². The molecule has 34 heavy (non-hydrogen) atoms. The second kappa shape index (κ2) is 8.98. The van der Waals surface area contributed by atoms with Crippen LogP contribution in [0.5, 0.6) is 0 Å². The highest BCUT2D eigenvalue weighted by atomic mass is 79.9. The monoisotopic (exact) mass is 606 g/mol. The molecule has 0 aliphatic heterocycles. The molecule has 10 atom stereocenters. The predicted octanol–water partition coefficient (Wildman–Crippen LogP) is 5.05. The van der Waals surface area contributed by atoms with Crippen molar-refractivity contribution in [3.63, 3.8) is 0 Å². The maximum absolute atomic E-state index is 13.7. The van der Waals surface area contributed by atoms with Crippen molar-refractivity contribution in [2.45, 2.75) is 112 Å². The summed E-state index contributed by atoms with van der Waals surface area (Å²) in [5, 5.41) is 31.7. The van der Waals surface area contributed by atoms with E-state index < -0.39 is 33.3 Å². The zero-order chi connectivity index (χ0) is 25.3. The molecule has 0 aromatic carbocycles. The van der Waals surface area contributed by atoms with Gasteiger partial charge in [-0.2, -0.15) is 0 Å². The van der Waals surface area contributed by atoms with E-state index in [1.807, 2.05) is 13.8 Å². The van der Waals surface area contributed by atoms with Crippen LogP contribution in [0.25, 0.3) is 0 Å². The molecule has 6 nitrogen and oxygen atoms in total. The van der Waals surface area contributed by atoms with E-state index in [-0.39, 0.29) is 52.9 Å². The molecular weight excluding hydrogens is 568 g/mol. The lowest BCUT2D eigenvalue weighted by Crippen LogP contribution is -2.69. The molecule has 4 fully saturated rings. The lowest BCUT2D eigenvalue weighted by Gasteiger charge is -2.67. The molecule has 4 rings (SSSR count). The minimum atomic E-state index is -1.04. The van der Waals surface area contributed by atoms with Crippen molar-refractivity contribution >= 4 is 43.8 Å². The van der Waals surface area contributed by atoms with Crippen molar-refractivity contribution in [1.82, 2.24) is 0 Å². The minimum absolute atomic E-state index is 0.0270. The number of alkyl halides is 2. The third-order valence-electron chi connectivity index (χ3n) is 10.5. The first kappa shape index (κ1) is 26.9. The third kappa shape index (κ3) is 3.83. The third-order valence-corrected chi connectivity index (χ3v) is 14.2. The molecule has 194 valence electrons. The Labute approximate surface area is 219 Å². The lowest BCUT2D eigenvalue weighted by molar-refractivity contribution is -0.186. The molecule has 0 unspecified atom stereocenters. The van der Waals surface area contributed by atoms with Crippen LogP contribution in [0.1, 0.15) is 85.5 Å². The van der Waals surface area contributed by atoms with Crippen molar-refractivity contribution in [2.24, 2.45) is 34.5 Å². The molecule has 4 saturated carbocycles. The summed E-state index contributed by atoms with van der Waals surface area (Å²) in [4.78, 5) is 24.8. The fraction of sp³-hybridized carbons (Fsp3) is 0.923. The van der Waals surface area contributed by atoms with Crippen LogP contribution in [-0.4, -0.2) is 54.2 Å². The van der Waals surface area contributed by atoms with E-state index >= 15 is 0 Å². The van der Waals surface area contributed by atoms with Crippen LogP contribution in [-0.2, 0) is 14.3 Å². The summed E-state index contributed by atoms with van der Waals surface area (Å²) in [5.74, 6) is -1.12. The second-order valence-corrected chi connectivity index (χ2v) is 14.7. The average Bonchev–Trinajstić information content (AvgIpc) is 3.00. The Morgan fingerprint density at radius 2 is 1.65 bits per heavy atom. The first-order valence-corrected chi connectivity index (χ1v) is 14.6. The molecule has 0 saturated heterocycles. The SMILES string of the molecule is CC(C)OC(=O)[C@H]1[C@H]2[C@@H]3CC[C@@](O)(CCC(=O)O)[C@@]3(C)CC[C@@H]2[C@@]2(C)CC[C@H](O)C[C@@]2(Br)[C@H]1Br. The quantitative estimate of drug-likeness (QED) is 0.298. The van der Waals surface area contributed by atoms with Crippen LogP contribution in [0.4, 0.5) is 0 Å². The van der Waals surface area contributed by atoms with Crippen LogP contribution in [0.15, 0.2) is 0 Å². The number of rotatable bonds is 5. The highest BCUT2D eigenvalue weighted by Gasteiger charge is 2.72. The highest BCUT2D eigenvalue weighted by molar-refractivity contribution is 9.12. The molecule has 0 aromatic heterocycles. The van der Waals surface area contributed by atoms with Gasteiger partial charge < -0.3 is 20.1 Å². The standard InChI is InChI=1S/C26H40Br2O6/c1-14(2)34-22(32)20-19-16-7-11-25(33,12-8-18(30)31)23(16,3)10-6-17(19)24(4)9-5-15(29)13-26(24,28)21(20)27/h14-17,19-21,29,33H,5-13H2,1-4H3,(H,30,31)/t15-,16-,17-,19-,20-,21-,23-,24+,25+,26+/m0/s1. The van der Waals surface area contributed by atoms with Crippen molar-refractivity contribution in [3.8, 4) is 0 Å². The van der Waals surface area contributed by atoms with E-state index in [9.17, 15) is 24.9 Å². The summed E-state index contributed by atoms with van der Waals surface area (Å²) in [6.07, 6.45) is 4.81. The van der Waals surface area contributed by atoms with Gasteiger partial charge in [-0.05, 0) is 93.8 Å². The van der Waals surface area contributed by atoms with Crippen molar-refractivity contribution < 1.29 is 29.6 Å². The van der Waals surface area contributed by atoms with E-state index in [4.69, 9.17) is 4.74 Å². The molecule has 0 bridgehead atoms. The smallest absolute Gasteiger partial charge is 0.310 e. The van der Waals surface area contributed by atoms with Gasteiger partial charge in [-0.15, -0.1) is 0 Å². The zero-order valence-corrected chi connectivity index (χ0v) is 23.9. The van der Waals surface area contributed by atoms with Gasteiger partial charge in [-0.3, -0.25) is 9.59 Å². The van der Waals surface area contributed by atoms with Crippen LogP contribution in [0.3, 0.4) is 0 Å². The Hall–Kier alpha value is -0.180. The van der Waals surface area contributed by atoms with Gasteiger partial charge in [0.15, 0.2) is 0 Å². The molecule has 0 spiro atoms. The molecule has 4 aliphatic rings. The number of hydrogen-bond donors (Lipinski definition) is 3. The fourth-order valence-electron chi connectivity index (χ4n) is 8.62. The molecule has 0 amide bonds. The zero-order valence-electron chi connectivity index (χ0n) is 20.7. The second-order valence-electron chi connectivity index (χ2n) is 12.3. The number of ether oxygens (including phenoxy) is 1. The number of carbonyl (C=O) groups is 2. The number of halogens is 2. The van der Waals surface area contributed by atoms with E-state index in [1.165, 1.54) is 0 Å².